The minimum Gasteiger partial charge on any atom is -0.393 e. The fourth-order valence-electron chi connectivity index (χ4n) is 2.62. The van der Waals surface area contributed by atoms with Gasteiger partial charge in [0.05, 0.1) is 18.3 Å². The maximum absolute atomic E-state index is 12.1. The van der Waals surface area contributed by atoms with Gasteiger partial charge in [-0.2, -0.15) is 0 Å². The molecule has 1 aliphatic rings. The first kappa shape index (κ1) is 15.2. The molecule has 0 aliphatic carbocycles. The predicted octanol–water partition coefficient (Wildman–Crippen LogP) is 1.91. The number of nitrogens with one attached hydrogen (secondary N) is 1. The zero-order valence-corrected chi connectivity index (χ0v) is 12.3. The molecule has 2 atom stereocenters. The lowest BCUT2D eigenvalue weighted by atomic mass is 10.1. The third-order valence-electron chi connectivity index (χ3n) is 3.49. The van der Waals surface area contributed by atoms with Gasteiger partial charge in [-0.15, -0.1) is 0 Å². The van der Waals surface area contributed by atoms with Crippen LogP contribution in [0.1, 0.15) is 26.2 Å². The number of aromatic nitrogens is 1. The number of aliphatic hydroxyl groups excluding tert-OH is 1. The third-order valence-corrected chi connectivity index (χ3v) is 3.79. The highest BCUT2D eigenvalue weighted by Gasteiger charge is 2.27. The predicted molar refractivity (Wildman–Crippen MR) is 78.8 cm³/mol. The smallest absolute Gasteiger partial charge is 0.238 e. The molecule has 0 radical (unpaired) electrons. The summed E-state index contributed by atoms with van der Waals surface area (Å²) in [6.07, 6.45) is 4.05. The van der Waals surface area contributed by atoms with Gasteiger partial charge in [0.1, 0.15) is 0 Å². The Morgan fingerprint density at radius 1 is 1.70 bits per heavy atom. The first-order valence-electron chi connectivity index (χ1n) is 6.88. The fraction of sp³-hybridized carbons (Fsp3) is 0.571. The van der Waals surface area contributed by atoms with Gasteiger partial charge in [-0.1, -0.05) is 11.6 Å². The highest BCUT2D eigenvalue weighted by Crippen LogP contribution is 2.22. The zero-order valence-electron chi connectivity index (χ0n) is 11.6. The lowest BCUT2D eigenvalue weighted by Gasteiger charge is -2.24. The molecule has 0 saturated carbocycles. The summed E-state index contributed by atoms with van der Waals surface area (Å²) < 4.78 is 0. The van der Waals surface area contributed by atoms with Crippen LogP contribution in [0, 0.1) is 0 Å². The van der Waals surface area contributed by atoms with Gasteiger partial charge >= 0.3 is 0 Å². The Morgan fingerprint density at radius 3 is 3.20 bits per heavy atom. The first-order chi connectivity index (χ1) is 9.56. The number of nitrogens with zero attached hydrogens (tertiary/aromatic N) is 2. The molecule has 0 spiro atoms. The van der Waals surface area contributed by atoms with Crippen molar-refractivity contribution in [1.29, 1.82) is 0 Å². The van der Waals surface area contributed by atoms with E-state index in [0.717, 1.165) is 19.4 Å². The number of carbonyl (C=O) groups is 1. The number of pyridine rings is 1. The van der Waals surface area contributed by atoms with E-state index in [1.54, 1.807) is 25.3 Å². The molecule has 110 valence electrons. The number of hydrogen-bond donors (Lipinski definition) is 2. The van der Waals surface area contributed by atoms with Crippen molar-refractivity contribution in [1.82, 2.24) is 9.88 Å². The highest BCUT2D eigenvalue weighted by atomic mass is 35.5. The van der Waals surface area contributed by atoms with Crippen molar-refractivity contribution in [2.75, 3.05) is 18.4 Å². The van der Waals surface area contributed by atoms with E-state index >= 15 is 0 Å². The summed E-state index contributed by atoms with van der Waals surface area (Å²) in [4.78, 5) is 18.1. The summed E-state index contributed by atoms with van der Waals surface area (Å²) >= 11 is 5.91. The summed E-state index contributed by atoms with van der Waals surface area (Å²) in [5.41, 5.74) is 0.533. The molecule has 0 aromatic carbocycles. The molecule has 1 fully saturated rings. The van der Waals surface area contributed by atoms with E-state index in [-0.39, 0.29) is 18.1 Å². The molecule has 5 nitrogen and oxygen atoms in total. The second-order valence-corrected chi connectivity index (χ2v) is 5.60. The number of hydrogen-bond acceptors (Lipinski definition) is 4. The maximum Gasteiger partial charge on any atom is 0.238 e. The second-order valence-electron chi connectivity index (χ2n) is 5.24. The van der Waals surface area contributed by atoms with Crippen molar-refractivity contribution in [3.8, 4) is 0 Å². The van der Waals surface area contributed by atoms with Crippen LogP contribution in [0.25, 0.3) is 0 Å². The Bertz CT molecular complexity index is 467. The van der Waals surface area contributed by atoms with Crippen molar-refractivity contribution in [2.45, 2.75) is 38.3 Å². The van der Waals surface area contributed by atoms with Crippen LogP contribution in [0.3, 0.4) is 0 Å². The van der Waals surface area contributed by atoms with Crippen LogP contribution in [0.4, 0.5) is 5.69 Å². The van der Waals surface area contributed by atoms with Gasteiger partial charge in [-0.3, -0.25) is 9.69 Å². The largest absolute Gasteiger partial charge is 0.393 e. The molecule has 6 heteroatoms. The number of likely N-dealkylation sites (tertiary alicyclic amines) is 1. The molecule has 0 bridgehead atoms. The van der Waals surface area contributed by atoms with E-state index in [2.05, 4.69) is 15.2 Å². The van der Waals surface area contributed by atoms with E-state index in [0.29, 0.717) is 23.8 Å². The number of amides is 1. The molecule has 1 amide bonds. The van der Waals surface area contributed by atoms with Gasteiger partial charge in [-0.05, 0) is 44.9 Å². The zero-order chi connectivity index (χ0) is 14.5. The standard InChI is InChI=1S/C14H20ClN3O2/c1-10(19)8-11-4-3-7-18(11)9-13(20)17-12-5-2-6-16-14(12)15/h2,5-6,10-11,19H,3-4,7-9H2,1H3,(H,17,20). The summed E-state index contributed by atoms with van der Waals surface area (Å²) in [7, 11) is 0. The normalized spacial score (nSPS) is 20.9. The van der Waals surface area contributed by atoms with Crippen molar-refractivity contribution in [3.63, 3.8) is 0 Å². The van der Waals surface area contributed by atoms with Crippen molar-refractivity contribution in [2.24, 2.45) is 0 Å². The topological polar surface area (TPSA) is 65.5 Å². The van der Waals surface area contributed by atoms with Gasteiger partial charge in [0.2, 0.25) is 5.91 Å². The molecule has 1 aromatic rings. The van der Waals surface area contributed by atoms with E-state index in [1.807, 2.05) is 0 Å². The fourth-order valence-corrected chi connectivity index (χ4v) is 2.78. The van der Waals surface area contributed by atoms with Crippen LogP contribution in [-0.2, 0) is 4.79 Å². The third kappa shape index (κ3) is 4.16. The van der Waals surface area contributed by atoms with Gasteiger partial charge in [-0.25, -0.2) is 4.98 Å². The molecule has 2 N–H and O–H groups in total. The van der Waals surface area contributed by atoms with E-state index < -0.39 is 0 Å². The Hall–Kier alpha value is -1.17. The molecule has 1 aromatic heterocycles. The molecule has 1 saturated heterocycles. The Balaban J connectivity index is 1.89. The van der Waals surface area contributed by atoms with Crippen molar-refractivity contribution >= 4 is 23.2 Å². The van der Waals surface area contributed by atoms with Crippen LogP contribution >= 0.6 is 11.6 Å². The van der Waals surface area contributed by atoms with Crippen LogP contribution in [0.15, 0.2) is 18.3 Å². The van der Waals surface area contributed by atoms with Gasteiger partial charge in [0.15, 0.2) is 5.15 Å². The summed E-state index contributed by atoms with van der Waals surface area (Å²) in [6.45, 7) is 3.00. The molecule has 2 unspecified atom stereocenters. The minimum atomic E-state index is -0.337. The second kappa shape index (κ2) is 7.02. The average Bonchev–Trinajstić information content (AvgIpc) is 2.78. The van der Waals surface area contributed by atoms with Gasteiger partial charge in [0, 0.05) is 12.2 Å². The summed E-state index contributed by atoms with van der Waals surface area (Å²) in [5, 5.41) is 12.6. The van der Waals surface area contributed by atoms with Crippen LogP contribution < -0.4 is 5.32 Å². The lowest BCUT2D eigenvalue weighted by Crippen LogP contribution is -2.38. The molecular weight excluding hydrogens is 278 g/mol. The number of anilines is 1. The first-order valence-corrected chi connectivity index (χ1v) is 7.26. The maximum atomic E-state index is 12.1. The quantitative estimate of drug-likeness (QED) is 0.815. The number of aliphatic hydroxyl groups is 1. The molecule has 20 heavy (non-hydrogen) atoms. The Labute approximate surface area is 123 Å². The number of halogens is 1. The van der Waals surface area contributed by atoms with Crippen LogP contribution in [0.5, 0.6) is 0 Å². The van der Waals surface area contributed by atoms with Gasteiger partial charge < -0.3 is 10.4 Å². The number of carbonyl (C=O) groups excluding carboxylic acids is 1. The average molecular weight is 298 g/mol. The van der Waals surface area contributed by atoms with Gasteiger partial charge in [0.25, 0.3) is 0 Å². The Morgan fingerprint density at radius 2 is 2.50 bits per heavy atom. The lowest BCUT2D eigenvalue weighted by molar-refractivity contribution is -0.117. The van der Waals surface area contributed by atoms with Crippen LogP contribution in [-0.4, -0.2) is 46.1 Å². The van der Waals surface area contributed by atoms with E-state index in [9.17, 15) is 9.90 Å². The molecule has 1 aliphatic heterocycles. The minimum absolute atomic E-state index is 0.0996. The highest BCUT2D eigenvalue weighted by molar-refractivity contribution is 6.32. The van der Waals surface area contributed by atoms with Crippen LogP contribution in [0.2, 0.25) is 5.15 Å². The molecular formula is C14H20ClN3O2. The molecule has 2 heterocycles. The number of rotatable bonds is 5. The SMILES string of the molecule is CC(O)CC1CCCN1CC(=O)Nc1cccnc1Cl. The van der Waals surface area contributed by atoms with Crippen molar-refractivity contribution < 1.29 is 9.90 Å². The Kier molecular flexibility index (Phi) is 5.34. The van der Waals surface area contributed by atoms with Crippen molar-refractivity contribution in [3.05, 3.63) is 23.5 Å². The summed E-state index contributed by atoms with van der Waals surface area (Å²) in [6, 6.07) is 3.74. The molecule has 2 rings (SSSR count). The van der Waals surface area contributed by atoms with E-state index in [4.69, 9.17) is 11.6 Å². The monoisotopic (exact) mass is 297 g/mol. The van der Waals surface area contributed by atoms with E-state index in [1.165, 1.54) is 0 Å². The summed E-state index contributed by atoms with van der Waals surface area (Å²) in [5.74, 6) is -0.0996.